The van der Waals surface area contributed by atoms with Gasteiger partial charge in [-0.15, -0.1) is 0 Å². The van der Waals surface area contributed by atoms with Crippen LogP contribution < -0.4 is 0 Å². The highest BCUT2D eigenvalue weighted by atomic mass is 16.7. The van der Waals surface area contributed by atoms with Crippen LogP contribution in [0.15, 0.2) is 0 Å². The van der Waals surface area contributed by atoms with Crippen LogP contribution in [-0.2, 0) is 18.9 Å². The van der Waals surface area contributed by atoms with Crippen molar-refractivity contribution in [2.24, 2.45) is 0 Å². The van der Waals surface area contributed by atoms with Crippen LogP contribution in [0.1, 0.15) is 39.5 Å². The maximum Gasteiger partial charge on any atom is 0.180 e. The van der Waals surface area contributed by atoms with E-state index in [2.05, 4.69) is 0 Å². The zero-order valence-electron chi connectivity index (χ0n) is 11.3. The van der Waals surface area contributed by atoms with Crippen molar-refractivity contribution in [2.45, 2.75) is 58.0 Å². The normalized spacial score (nSPS) is 25.4. The summed E-state index contributed by atoms with van der Waals surface area (Å²) in [6, 6.07) is 0. The Bertz CT molecular complexity index is 180. The van der Waals surface area contributed by atoms with Crippen molar-refractivity contribution >= 4 is 0 Å². The molecule has 0 saturated heterocycles. The smallest absolute Gasteiger partial charge is 0.180 e. The fourth-order valence-corrected chi connectivity index (χ4v) is 2.20. The standard InChI is InChI=1S/C13H26O4/c1-4-15-13(16-5-2)10-17-12-8-6-7-11(9-12)14-3/h11-13H,4-10H2,1-3H3. The molecule has 0 spiro atoms. The minimum Gasteiger partial charge on any atom is -0.381 e. The summed E-state index contributed by atoms with van der Waals surface area (Å²) in [6.45, 7) is 5.75. The lowest BCUT2D eigenvalue weighted by atomic mass is 9.95. The van der Waals surface area contributed by atoms with Gasteiger partial charge in [0.2, 0.25) is 0 Å². The van der Waals surface area contributed by atoms with Gasteiger partial charge in [-0.1, -0.05) is 0 Å². The molecule has 0 heterocycles. The average molecular weight is 246 g/mol. The van der Waals surface area contributed by atoms with Crippen LogP contribution in [0.2, 0.25) is 0 Å². The Hall–Kier alpha value is -0.160. The van der Waals surface area contributed by atoms with Gasteiger partial charge >= 0.3 is 0 Å². The monoisotopic (exact) mass is 246 g/mol. The molecule has 1 fully saturated rings. The van der Waals surface area contributed by atoms with Crippen molar-refractivity contribution in [3.05, 3.63) is 0 Å². The molecular weight excluding hydrogens is 220 g/mol. The lowest BCUT2D eigenvalue weighted by molar-refractivity contribution is -0.181. The number of methoxy groups -OCH3 is 1. The second-order valence-corrected chi connectivity index (χ2v) is 4.32. The Balaban J connectivity index is 2.22. The maximum atomic E-state index is 5.85. The van der Waals surface area contributed by atoms with Crippen LogP contribution in [0.3, 0.4) is 0 Å². The first-order valence-electron chi connectivity index (χ1n) is 6.67. The highest BCUT2D eigenvalue weighted by molar-refractivity contribution is 4.73. The van der Waals surface area contributed by atoms with E-state index in [1.807, 2.05) is 13.8 Å². The van der Waals surface area contributed by atoms with E-state index in [4.69, 9.17) is 18.9 Å². The third-order valence-corrected chi connectivity index (χ3v) is 3.08. The molecule has 4 heteroatoms. The Labute approximate surface area is 105 Å². The van der Waals surface area contributed by atoms with E-state index in [1.165, 1.54) is 6.42 Å². The van der Waals surface area contributed by atoms with E-state index in [9.17, 15) is 0 Å². The molecule has 2 unspecified atom stereocenters. The van der Waals surface area contributed by atoms with Gasteiger partial charge in [0, 0.05) is 20.3 Å². The molecule has 1 rings (SSSR count). The van der Waals surface area contributed by atoms with Crippen molar-refractivity contribution < 1.29 is 18.9 Å². The fraction of sp³-hybridized carbons (Fsp3) is 1.00. The first-order valence-corrected chi connectivity index (χ1v) is 6.67. The summed E-state index contributed by atoms with van der Waals surface area (Å²) in [5.41, 5.74) is 0. The van der Waals surface area contributed by atoms with Crippen molar-refractivity contribution in [3.8, 4) is 0 Å². The summed E-state index contributed by atoms with van der Waals surface area (Å²) in [5.74, 6) is 0. The summed E-state index contributed by atoms with van der Waals surface area (Å²) in [6.07, 6.45) is 4.84. The Morgan fingerprint density at radius 2 is 1.71 bits per heavy atom. The van der Waals surface area contributed by atoms with Gasteiger partial charge in [-0.25, -0.2) is 0 Å². The molecule has 2 atom stereocenters. The van der Waals surface area contributed by atoms with Crippen LogP contribution in [0, 0.1) is 0 Å². The molecule has 0 amide bonds. The molecule has 102 valence electrons. The predicted molar refractivity (Wildman–Crippen MR) is 66.0 cm³/mol. The number of ether oxygens (including phenoxy) is 4. The molecule has 1 aliphatic rings. The van der Waals surface area contributed by atoms with E-state index in [-0.39, 0.29) is 12.4 Å². The second-order valence-electron chi connectivity index (χ2n) is 4.32. The van der Waals surface area contributed by atoms with Gasteiger partial charge in [-0.05, 0) is 39.5 Å². The van der Waals surface area contributed by atoms with Gasteiger partial charge in [-0.2, -0.15) is 0 Å². The maximum absolute atomic E-state index is 5.85. The molecule has 0 aromatic rings. The van der Waals surface area contributed by atoms with Crippen LogP contribution >= 0.6 is 0 Å². The number of rotatable bonds is 8. The van der Waals surface area contributed by atoms with Gasteiger partial charge < -0.3 is 18.9 Å². The van der Waals surface area contributed by atoms with Gasteiger partial charge in [-0.3, -0.25) is 0 Å². The summed E-state index contributed by atoms with van der Waals surface area (Å²) in [5, 5.41) is 0. The van der Waals surface area contributed by atoms with E-state index in [0.717, 1.165) is 19.3 Å². The SMILES string of the molecule is CCOC(COC1CCCC(OC)C1)OCC. The first kappa shape index (κ1) is 14.9. The first-order chi connectivity index (χ1) is 8.30. The van der Waals surface area contributed by atoms with Crippen LogP contribution in [0.4, 0.5) is 0 Å². The molecule has 0 bridgehead atoms. The minimum absolute atomic E-state index is 0.229. The van der Waals surface area contributed by atoms with Gasteiger partial charge in [0.05, 0.1) is 18.8 Å². The predicted octanol–water partition coefficient (Wildman–Crippen LogP) is 2.36. The molecule has 17 heavy (non-hydrogen) atoms. The van der Waals surface area contributed by atoms with E-state index >= 15 is 0 Å². The van der Waals surface area contributed by atoms with Gasteiger partial charge in [0.15, 0.2) is 6.29 Å². The number of hydrogen-bond donors (Lipinski definition) is 0. The van der Waals surface area contributed by atoms with E-state index in [0.29, 0.717) is 25.9 Å². The largest absolute Gasteiger partial charge is 0.381 e. The quantitative estimate of drug-likeness (QED) is 0.616. The third kappa shape index (κ3) is 5.82. The van der Waals surface area contributed by atoms with Crippen molar-refractivity contribution in [1.29, 1.82) is 0 Å². The van der Waals surface area contributed by atoms with Crippen LogP contribution in [0.25, 0.3) is 0 Å². The lowest BCUT2D eigenvalue weighted by Gasteiger charge is -2.29. The van der Waals surface area contributed by atoms with E-state index in [1.54, 1.807) is 7.11 Å². The molecule has 0 N–H and O–H groups in total. The highest BCUT2D eigenvalue weighted by Crippen LogP contribution is 2.23. The van der Waals surface area contributed by atoms with E-state index < -0.39 is 0 Å². The minimum atomic E-state index is -0.229. The molecule has 0 radical (unpaired) electrons. The third-order valence-electron chi connectivity index (χ3n) is 3.08. The summed E-state index contributed by atoms with van der Waals surface area (Å²) in [7, 11) is 1.77. The Kier molecular flexibility index (Phi) is 7.77. The molecule has 0 aromatic heterocycles. The molecular formula is C13H26O4. The molecule has 1 saturated carbocycles. The lowest BCUT2D eigenvalue weighted by Crippen LogP contribution is -2.32. The summed E-state index contributed by atoms with van der Waals surface area (Å²) >= 11 is 0. The van der Waals surface area contributed by atoms with Crippen LogP contribution in [-0.4, -0.2) is 45.4 Å². The van der Waals surface area contributed by atoms with Gasteiger partial charge in [0.1, 0.15) is 0 Å². The second kappa shape index (κ2) is 8.86. The highest BCUT2D eigenvalue weighted by Gasteiger charge is 2.23. The summed E-state index contributed by atoms with van der Waals surface area (Å²) < 4.78 is 22.1. The molecule has 1 aliphatic carbocycles. The van der Waals surface area contributed by atoms with Crippen molar-refractivity contribution in [2.75, 3.05) is 26.9 Å². The number of hydrogen-bond acceptors (Lipinski definition) is 4. The van der Waals surface area contributed by atoms with Gasteiger partial charge in [0.25, 0.3) is 0 Å². The average Bonchev–Trinajstić information content (AvgIpc) is 2.37. The van der Waals surface area contributed by atoms with Crippen molar-refractivity contribution in [3.63, 3.8) is 0 Å². The Morgan fingerprint density at radius 1 is 1.06 bits per heavy atom. The van der Waals surface area contributed by atoms with Crippen molar-refractivity contribution in [1.82, 2.24) is 0 Å². The molecule has 0 aromatic carbocycles. The summed E-state index contributed by atoms with van der Waals surface area (Å²) in [4.78, 5) is 0. The van der Waals surface area contributed by atoms with Crippen LogP contribution in [0.5, 0.6) is 0 Å². The Morgan fingerprint density at radius 3 is 2.29 bits per heavy atom. The topological polar surface area (TPSA) is 36.9 Å². The fourth-order valence-electron chi connectivity index (χ4n) is 2.20. The zero-order valence-corrected chi connectivity index (χ0v) is 11.3. The zero-order chi connectivity index (χ0) is 12.5. The molecule has 4 nitrogen and oxygen atoms in total. The molecule has 0 aliphatic heterocycles.